The zero-order chi connectivity index (χ0) is 11.7. The van der Waals surface area contributed by atoms with Crippen molar-refractivity contribution in [3.8, 4) is 0 Å². The molecule has 1 aromatic heterocycles. The normalized spacial score (nSPS) is 15.9. The zero-order valence-corrected chi connectivity index (χ0v) is 8.84. The molecule has 1 aromatic rings. The zero-order valence-electron chi connectivity index (χ0n) is 8.84. The number of aromatic nitrogens is 1. The molecule has 0 radical (unpaired) electrons. The first-order valence-corrected chi connectivity index (χ1v) is 5.00. The second-order valence-corrected chi connectivity index (χ2v) is 4.01. The lowest BCUT2D eigenvalue weighted by Crippen LogP contribution is -2.50. The van der Waals surface area contributed by atoms with Crippen LogP contribution in [0.4, 0.5) is 0 Å². The van der Waals surface area contributed by atoms with Crippen LogP contribution in [0.2, 0.25) is 0 Å². The van der Waals surface area contributed by atoms with Gasteiger partial charge >= 0.3 is 5.97 Å². The smallest absolute Gasteiger partial charge is 0.303 e. The average Bonchev–Trinajstić information content (AvgIpc) is 2.56. The van der Waals surface area contributed by atoms with Crippen LogP contribution in [0.5, 0.6) is 0 Å². The van der Waals surface area contributed by atoms with Gasteiger partial charge in [-0.1, -0.05) is 5.16 Å². The maximum absolute atomic E-state index is 11.7. The summed E-state index contributed by atoms with van der Waals surface area (Å²) in [5, 5.41) is 12.2. The summed E-state index contributed by atoms with van der Waals surface area (Å²) in [7, 11) is 0. The third-order valence-electron chi connectivity index (χ3n) is 2.55. The van der Waals surface area contributed by atoms with Crippen molar-refractivity contribution in [3.63, 3.8) is 0 Å². The number of carbonyl (C=O) groups excluding carboxylic acids is 1. The lowest BCUT2D eigenvalue weighted by Gasteiger charge is -2.37. The minimum absolute atomic E-state index is 0.0606. The molecular weight excluding hydrogens is 212 g/mol. The van der Waals surface area contributed by atoms with Crippen molar-refractivity contribution in [1.29, 1.82) is 0 Å². The number of carbonyl (C=O) groups is 2. The van der Waals surface area contributed by atoms with E-state index in [9.17, 15) is 9.59 Å². The molecule has 0 aliphatic carbocycles. The van der Waals surface area contributed by atoms with Gasteiger partial charge in [0.25, 0.3) is 5.91 Å². The SMILES string of the molecule is Cc1cc(C(=O)N2CC(CC(=O)O)C2)on1. The van der Waals surface area contributed by atoms with E-state index in [1.807, 2.05) is 0 Å². The van der Waals surface area contributed by atoms with Gasteiger partial charge in [-0.05, 0) is 6.92 Å². The van der Waals surface area contributed by atoms with Gasteiger partial charge in [0.2, 0.25) is 5.76 Å². The van der Waals surface area contributed by atoms with E-state index in [2.05, 4.69) is 5.16 Å². The Morgan fingerprint density at radius 1 is 1.62 bits per heavy atom. The Bertz CT molecular complexity index is 420. The van der Waals surface area contributed by atoms with Crippen molar-refractivity contribution in [1.82, 2.24) is 10.1 Å². The minimum Gasteiger partial charge on any atom is -0.481 e. The molecule has 1 fully saturated rings. The molecule has 0 unspecified atom stereocenters. The molecule has 86 valence electrons. The van der Waals surface area contributed by atoms with Crippen LogP contribution in [-0.4, -0.2) is 40.1 Å². The predicted octanol–water partition coefficient (Wildman–Crippen LogP) is 0.530. The first kappa shape index (κ1) is 10.7. The summed E-state index contributed by atoms with van der Waals surface area (Å²) in [6.07, 6.45) is 0.110. The molecule has 2 rings (SSSR count). The largest absolute Gasteiger partial charge is 0.481 e. The van der Waals surface area contributed by atoms with Crippen LogP contribution in [0.25, 0.3) is 0 Å². The van der Waals surface area contributed by atoms with Crippen LogP contribution in [-0.2, 0) is 4.79 Å². The summed E-state index contributed by atoms with van der Waals surface area (Å²) in [5.41, 5.74) is 0.658. The highest BCUT2D eigenvalue weighted by atomic mass is 16.5. The van der Waals surface area contributed by atoms with Gasteiger partial charge in [0, 0.05) is 25.1 Å². The Kier molecular flexibility index (Phi) is 2.64. The maximum Gasteiger partial charge on any atom is 0.303 e. The molecule has 0 atom stereocenters. The summed E-state index contributed by atoms with van der Waals surface area (Å²) in [6, 6.07) is 1.58. The quantitative estimate of drug-likeness (QED) is 0.809. The van der Waals surface area contributed by atoms with Crippen LogP contribution in [0.1, 0.15) is 22.7 Å². The number of aliphatic carboxylic acids is 1. The van der Waals surface area contributed by atoms with E-state index in [1.54, 1.807) is 17.9 Å². The Labute approximate surface area is 91.8 Å². The standard InChI is InChI=1S/C10H12N2O4/c1-6-2-8(16-11-6)10(15)12-4-7(5-12)3-9(13)14/h2,7H,3-5H2,1H3,(H,13,14). The van der Waals surface area contributed by atoms with Crippen molar-refractivity contribution in [3.05, 3.63) is 17.5 Å². The first-order chi connectivity index (χ1) is 7.56. The highest BCUT2D eigenvalue weighted by molar-refractivity contribution is 5.92. The number of likely N-dealkylation sites (tertiary alicyclic amines) is 1. The van der Waals surface area contributed by atoms with Crippen LogP contribution in [0.15, 0.2) is 10.6 Å². The van der Waals surface area contributed by atoms with Crippen LogP contribution in [0, 0.1) is 12.8 Å². The summed E-state index contributed by atoms with van der Waals surface area (Å²) >= 11 is 0. The third kappa shape index (κ3) is 2.05. The monoisotopic (exact) mass is 224 g/mol. The average molecular weight is 224 g/mol. The lowest BCUT2D eigenvalue weighted by atomic mass is 9.96. The van der Waals surface area contributed by atoms with E-state index in [0.29, 0.717) is 18.8 Å². The topological polar surface area (TPSA) is 83.6 Å². The number of hydrogen-bond acceptors (Lipinski definition) is 4. The summed E-state index contributed by atoms with van der Waals surface area (Å²) in [5.74, 6) is -0.772. The second-order valence-electron chi connectivity index (χ2n) is 4.01. The highest BCUT2D eigenvalue weighted by Crippen LogP contribution is 2.21. The molecule has 0 aromatic carbocycles. The number of nitrogens with zero attached hydrogens (tertiary/aromatic N) is 2. The highest BCUT2D eigenvalue weighted by Gasteiger charge is 2.33. The fourth-order valence-electron chi connectivity index (χ4n) is 1.73. The van der Waals surface area contributed by atoms with Gasteiger partial charge in [0.05, 0.1) is 12.1 Å². The lowest BCUT2D eigenvalue weighted by molar-refractivity contribution is -0.139. The molecule has 16 heavy (non-hydrogen) atoms. The summed E-state index contributed by atoms with van der Waals surface area (Å²) < 4.78 is 4.84. The van der Waals surface area contributed by atoms with E-state index >= 15 is 0 Å². The van der Waals surface area contributed by atoms with Gasteiger partial charge in [-0.25, -0.2) is 0 Å². The van der Waals surface area contributed by atoms with Gasteiger partial charge < -0.3 is 14.5 Å². The molecule has 1 amide bonds. The van der Waals surface area contributed by atoms with Crippen molar-refractivity contribution < 1.29 is 19.2 Å². The molecule has 1 saturated heterocycles. The van der Waals surface area contributed by atoms with E-state index in [1.165, 1.54) is 0 Å². The van der Waals surface area contributed by atoms with Crippen LogP contribution < -0.4 is 0 Å². The second kappa shape index (κ2) is 3.96. The molecule has 1 aliphatic heterocycles. The predicted molar refractivity (Wildman–Crippen MR) is 52.9 cm³/mol. The van der Waals surface area contributed by atoms with Crippen molar-refractivity contribution in [2.45, 2.75) is 13.3 Å². The summed E-state index contributed by atoms with van der Waals surface area (Å²) in [6.45, 7) is 2.69. The van der Waals surface area contributed by atoms with Crippen LogP contribution in [0.3, 0.4) is 0 Å². The number of aryl methyl sites for hydroxylation is 1. The summed E-state index contributed by atoms with van der Waals surface area (Å²) in [4.78, 5) is 23.7. The molecule has 1 N–H and O–H groups in total. The van der Waals surface area contributed by atoms with Gasteiger partial charge in [0.15, 0.2) is 0 Å². The van der Waals surface area contributed by atoms with Gasteiger partial charge in [-0.15, -0.1) is 0 Å². The number of carboxylic acid groups (broad SMARTS) is 1. The molecule has 6 heteroatoms. The molecule has 2 heterocycles. The first-order valence-electron chi connectivity index (χ1n) is 5.00. The van der Waals surface area contributed by atoms with E-state index in [0.717, 1.165) is 0 Å². The Morgan fingerprint density at radius 3 is 2.81 bits per heavy atom. The van der Waals surface area contributed by atoms with E-state index in [-0.39, 0.29) is 24.0 Å². The molecule has 6 nitrogen and oxygen atoms in total. The fraction of sp³-hybridized carbons (Fsp3) is 0.500. The van der Waals surface area contributed by atoms with Crippen molar-refractivity contribution in [2.75, 3.05) is 13.1 Å². The Morgan fingerprint density at radius 2 is 2.31 bits per heavy atom. The Balaban J connectivity index is 1.88. The molecule has 0 saturated carbocycles. The fourth-order valence-corrected chi connectivity index (χ4v) is 1.73. The third-order valence-corrected chi connectivity index (χ3v) is 2.55. The molecule has 0 bridgehead atoms. The number of hydrogen-bond donors (Lipinski definition) is 1. The van der Waals surface area contributed by atoms with Gasteiger partial charge in [-0.2, -0.15) is 0 Å². The molecular formula is C10H12N2O4. The molecule has 0 spiro atoms. The number of carboxylic acids is 1. The van der Waals surface area contributed by atoms with Crippen molar-refractivity contribution >= 4 is 11.9 Å². The van der Waals surface area contributed by atoms with Crippen LogP contribution >= 0.6 is 0 Å². The Hall–Kier alpha value is -1.85. The van der Waals surface area contributed by atoms with Crippen molar-refractivity contribution in [2.24, 2.45) is 5.92 Å². The van der Waals surface area contributed by atoms with E-state index < -0.39 is 5.97 Å². The minimum atomic E-state index is -0.826. The van der Waals surface area contributed by atoms with E-state index in [4.69, 9.17) is 9.63 Å². The number of amides is 1. The number of rotatable bonds is 3. The van der Waals surface area contributed by atoms with Gasteiger partial charge in [0.1, 0.15) is 0 Å². The molecule has 1 aliphatic rings. The maximum atomic E-state index is 11.7. The van der Waals surface area contributed by atoms with Gasteiger partial charge in [-0.3, -0.25) is 9.59 Å².